The number of hydrogen-bond acceptors (Lipinski definition) is 5. The molecule has 2 aromatic rings. The van der Waals surface area contributed by atoms with E-state index in [1.54, 1.807) is 19.1 Å². The van der Waals surface area contributed by atoms with Gasteiger partial charge in [-0.3, -0.25) is 9.21 Å². The first-order chi connectivity index (χ1) is 14.6. The van der Waals surface area contributed by atoms with Crippen molar-refractivity contribution in [2.24, 2.45) is 5.92 Å². The van der Waals surface area contributed by atoms with E-state index in [0.29, 0.717) is 37.4 Å². The second-order valence-electron chi connectivity index (χ2n) is 9.62. The minimum Gasteiger partial charge on any atom is -0.447 e. The molecule has 6 nitrogen and oxygen atoms in total. The predicted molar refractivity (Wildman–Crippen MR) is 119 cm³/mol. The number of hydrogen-bond donors (Lipinski definition) is 0. The van der Waals surface area contributed by atoms with Gasteiger partial charge in [-0.1, -0.05) is 19.9 Å². The SMILES string of the molecule is CC(C)Cc1ncoc1CN1CCC2(CC1C)CC(C)S(=O)(=O)N2c1cccc(F)c1. The van der Waals surface area contributed by atoms with Crippen molar-refractivity contribution in [3.05, 3.63) is 47.9 Å². The van der Waals surface area contributed by atoms with Crippen molar-refractivity contribution in [1.82, 2.24) is 9.88 Å². The lowest BCUT2D eigenvalue weighted by molar-refractivity contribution is 0.0934. The van der Waals surface area contributed by atoms with E-state index < -0.39 is 26.6 Å². The van der Waals surface area contributed by atoms with Crippen LogP contribution in [0.5, 0.6) is 0 Å². The lowest BCUT2D eigenvalue weighted by atomic mass is 9.79. The summed E-state index contributed by atoms with van der Waals surface area (Å²) in [5.74, 6) is 0.970. The fraction of sp³-hybridized carbons (Fsp3) is 0.609. The van der Waals surface area contributed by atoms with E-state index >= 15 is 0 Å². The van der Waals surface area contributed by atoms with Gasteiger partial charge in [0.05, 0.1) is 28.7 Å². The maximum absolute atomic E-state index is 14.0. The average Bonchev–Trinajstić information content (AvgIpc) is 3.17. The quantitative estimate of drug-likeness (QED) is 0.678. The van der Waals surface area contributed by atoms with Crippen LogP contribution in [0.2, 0.25) is 0 Å². The van der Waals surface area contributed by atoms with E-state index in [2.05, 4.69) is 30.7 Å². The maximum atomic E-state index is 14.0. The van der Waals surface area contributed by atoms with Gasteiger partial charge in [-0.05, 0) is 63.6 Å². The Balaban J connectivity index is 1.58. The average molecular weight is 450 g/mol. The molecular weight excluding hydrogens is 417 g/mol. The Bertz CT molecular complexity index is 1040. The molecule has 0 amide bonds. The van der Waals surface area contributed by atoms with Gasteiger partial charge in [0.1, 0.15) is 11.6 Å². The molecule has 2 fully saturated rings. The summed E-state index contributed by atoms with van der Waals surface area (Å²) >= 11 is 0. The van der Waals surface area contributed by atoms with Crippen molar-refractivity contribution in [2.45, 2.75) is 76.8 Å². The van der Waals surface area contributed by atoms with E-state index in [1.807, 2.05) is 0 Å². The van der Waals surface area contributed by atoms with Gasteiger partial charge >= 0.3 is 0 Å². The van der Waals surface area contributed by atoms with Crippen LogP contribution in [-0.4, -0.2) is 41.7 Å². The molecule has 2 aliphatic heterocycles. The molecule has 170 valence electrons. The minimum atomic E-state index is -3.54. The summed E-state index contributed by atoms with van der Waals surface area (Å²) in [6.45, 7) is 9.64. The third-order valence-electron chi connectivity index (χ3n) is 6.74. The summed E-state index contributed by atoms with van der Waals surface area (Å²) in [5, 5.41) is -0.485. The van der Waals surface area contributed by atoms with Crippen LogP contribution in [0.25, 0.3) is 0 Å². The number of sulfonamides is 1. The van der Waals surface area contributed by atoms with Crippen LogP contribution in [-0.2, 0) is 23.0 Å². The van der Waals surface area contributed by atoms with Crippen LogP contribution in [0.1, 0.15) is 58.4 Å². The Kier molecular flexibility index (Phi) is 5.89. The molecule has 2 aliphatic rings. The Labute approximate surface area is 184 Å². The second-order valence-corrected chi connectivity index (χ2v) is 11.8. The van der Waals surface area contributed by atoms with Crippen LogP contribution in [0.15, 0.2) is 35.1 Å². The summed E-state index contributed by atoms with van der Waals surface area (Å²) in [6.07, 6.45) is 4.35. The maximum Gasteiger partial charge on any atom is 0.238 e. The summed E-state index contributed by atoms with van der Waals surface area (Å²) < 4.78 is 47.6. The molecule has 0 saturated carbocycles. The van der Waals surface area contributed by atoms with Gasteiger partial charge in [-0.2, -0.15) is 0 Å². The highest BCUT2D eigenvalue weighted by Crippen LogP contribution is 2.48. The predicted octanol–water partition coefficient (Wildman–Crippen LogP) is 4.36. The van der Waals surface area contributed by atoms with Crippen molar-refractivity contribution in [3.63, 3.8) is 0 Å². The van der Waals surface area contributed by atoms with Gasteiger partial charge in [0.2, 0.25) is 10.0 Å². The van der Waals surface area contributed by atoms with Crippen LogP contribution in [0.3, 0.4) is 0 Å². The van der Waals surface area contributed by atoms with Crippen molar-refractivity contribution in [2.75, 3.05) is 10.8 Å². The van der Waals surface area contributed by atoms with E-state index in [4.69, 9.17) is 4.42 Å². The Morgan fingerprint density at radius 3 is 2.74 bits per heavy atom. The Hall–Kier alpha value is -1.93. The van der Waals surface area contributed by atoms with Gasteiger partial charge in [-0.25, -0.2) is 17.8 Å². The molecular formula is C23H32FN3O3S. The topological polar surface area (TPSA) is 66.7 Å². The number of likely N-dealkylation sites (tertiary alicyclic amines) is 1. The number of oxazole rings is 1. The molecule has 31 heavy (non-hydrogen) atoms. The highest BCUT2D eigenvalue weighted by atomic mass is 32.2. The van der Waals surface area contributed by atoms with Crippen LogP contribution in [0.4, 0.5) is 10.1 Å². The Morgan fingerprint density at radius 1 is 1.29 bits per heavy atom. The number of halogens is 1. The van der Waals surface area contributed by atoms with Gasteiger partial charge in [0.15, 0.2) is 6.39 Å². The smallest absolute Gasteiger partial charge is 0.238 e. The van der Waals surface area contributed by atoms with Crippen LogP contribution >= 0.6 is 0 Å². The first kappa shape index (κ1) is 22.3. The van der Waals surface area contributed by atoms with Crippen LogP contribution < -0.4 is 4.31 Å². The first-order valence-electron chi connectivity index (χ1n) is 11.1. The highest BCUT2D eigenvalue weighted by Gasteiger charge is 2.56. The van der Waals surface area contributed by atoms with Crippen molar-refractivity contribution in [1.29, 1.82) is 0 Å². The largest absolute Gasteiger partial charge is 0.447 e. The molecule has 0 bridgehead atoms. The fourth-order valence-electron chi connectivity index (χ4n) is 5.31. The number of aromatic nitrogens is 1. The van der Waals surface area contributed by atoms with Crippen molar-refractivity contribution >= 4 is 15.7 Å². The number of nitrogens with zero attached hydrogens (tertiary/aromatic N) is 3. The molecule has 1 spiro atoms. The zero-order chi connectivity index (χ0) is 22.4. The fourth-order valence-corrected chi connectivity index (χ4v) is 7.38. The second kappa shape index (κ2) is 8.20. The summed E-state index contributed by atoms with van der Waals surface area (Å²) in [6, 6.07) is 6.11. The van der Waals surface area contributed by atoms with E-state index in [-0.39, 0.29) is 6.04 Å². The van der Waals surface area contributed by atoms with Gasteiger partial charge < -0.3 is 4.42 Å². The summed E-state index contributed by atoms with van der Waals surface area (Å²) in [7, 11) is -3.54. The first-order valence-corrected chi connectivity index (χ1v) is 12.6. The lowest BCUT2D eigenvalue weighted by Gasteiger charge is -2.47. The van der Waals surface area contributed by atoms with Crippen molar-refractivity contribution in [3.8, 4) is 0 Å². The minimum absolute atomic E-state index is 0.155. The monoisotopic (exact) mass is 449 g/mol. The standard InChI is InChI=1S/C23H32FN3O3S/c1-16(2)10-21-22(30-15-25-21)14-26-9-8-23(12-17(26)3)13-18(4)31(28,29)27(23)20-7-5-6-19(24)11-20/h5-7,11,15-18H,8-10,12-14H2,1-4H3. The van der Waals surface area contributed by atoms with E-state index in [9.17, 15) is 12.8 Å². The van der Waals surface area contributed by atoms with Gasteiger partial charge in [0.25, 0.3) is 0 Å². The Morgan fingerprint density at radius 2 is 2.06 bits per heavy atom. The molecule has 3 heterocycles. The number of anilines is 1. The molecule has 1 aromatic carbocycles. The molecule has 3 unspecified atom stereocenters. The molecule has 4 rings (SSSR count). The molecule has 0 radical (unpaired) electrons. The van der Waals surface area contributed by atoms with Gasteiger partial charge in [-0.15, -0.1) is 0 Å². The van der Waals surface area contributed by atoms with Crippen LogP contribution in [0, 0.1) is 11.7 Å². The summed E-state index contributed by atoms with van der Waals surface area (Å²) in [4.78, 5) is 6.73. The lowest BCUT2D eigenvalue weighted by Crippen LogP contribution is -2.56. The molecule has 1 aromatic heterocycles. The van der Waals surface area contributed by atoms with E-state index in [1.165, 1.54) is 22.8 Å². The molecule has 0 aliphatic carbocycles. The number of piperidine rings is 1. The molecule has 0 N–H and O–H groups in total. The number of benzene rings is 1. The van der Waals surface area contributed by atoms with E-state index in [0.717, 1.165) is 24.4 Å². The molecule has 8 heteroatoms. The number of rotatable bonds is 5. The zero-order valence-electron chi connectivity index (χ0n) is 18.7. The van der Waals surface area contributed by atoms with Crippen molar-refractivity contribution < 1.29 is 17.2 Å². The zero-order valence-corrected chi connectivity index (χ0v) is 19.5. The summed E-state index contributed by atoms with van der Waals surface area (Å²) in [5.41, 5.74) is 0.907. The molecule has 2 saturated heterocycles. The molecule has 3 atom stereocenters. The van der Waals surface area contributed by atoms with Gasteiger partial charge in [0, 0.05) is 12.6 Å². The third-order valence-corrected chi connectivity index (χ3v) is 9.03. The highest BCUT2D eigenvalue weighted by molar-refractivity contribution is 7.93. The third kappa shape index (κ3) is 4.12. The normalized spacial score (nSPS) is 28.6.